The zero-order chi connectivity index (χ0) is 11.0. The second-order valence-electron chi connectivity index (χ2n) is 4.40. The van der Waals surface area contributed by atoms with Crippen LogP contribution in [0.1, 0.15) is 47.5 Å². The van der Waals surface area contributed by atoms with Gasteiger partial charge in [-0.3, -0.25) is 0 Å². The molecule has 0 heterocycles. The summed E-state index contributed by atoms with van der Waals surface area (Å²) in [5.74, 6) is 0.765. The average Bonchev–Trinajstić information content (AvgIpc) is 2.15. The Bertz CT molecular complexity index is 125. The van der Waals surface area contributed by atoms with Crippen molar-refractivity contribution in [2.45, 2.75) is 59.6 Å². The van der Waals surface area contributed by atoms with E-state index in [-0.39, 0.29) is 0 Å². The third-order valence-electron chi connectivity index (χ3n) is 2.74. The third kappa shape index (κ3) is 7.34. The normalized spacial score (nSPS) is 15.9. The Labute approximate surface area is 89.4 Å². The Kier molecular flexibility index (Phi) is 8.20. The molecule has 2 unspecified atom stereocenters. The Morgan fingerprint density at radius 3 is 2.29 bits per heavy atom. The van der Waals surface area contributed by atoms with E-state index in [9.17, 15) is 0 Å². The minimum absolute atomic E-state index is 0.363. The molecule has 0 aliphatic heterocycles. The smallest absolute Gasteiger partial charge is 0.0518 e. The van der Waals surface area contributed by atoms with Gasteiger partial charge in [0.15, 0.2) is 0 Å². The van der Waals surface area contributed by atoms with Crippen LogP contribution < -0.4 is 5.32 Å². The maximum atomic E-state index is 5.47. The molecule has 86 valence electrons. The van der Waals surface area contributed by atoms with Crippen molar-refractivity contribution in [3.05, 3.63) is 0 Å². The molecule has 0 rings (SSSR count). The van der Waals surface area contributed by atoms with Crippen LogP contribution in [0.2, 0.25) is 0 Å². The Morgan fingerprint density at radius 1 is 1.14 bits per heavy atom. The minimum atomic E-state index is 0.363. The number of rotatable bonds is 8. The van der Waals surface area contributed by atoms with Gasteiger partial charge in [-0.15, -0.1) is 0 Å². The molecular weight excluding hydrogens is 174 g/mol. The average molecular weight is 201 g/mol. The molecule has 0 aromatic carbocycles. The summed E-state index contributed by atoms with van der Waals surface area (Å²) < 4.78 is 5.47. The summed E-state index contributed by atoms with van der Waals surface area (Å²) in [6.07, 6.45) is 2.72. The van der Waals surface area contributed by atoms with Crippen LogP contribution in [0.15, 0.2) is 0 Å². The third-order valence-corrected chi connectivity index (χ3v) is 2.74. The van der Waals surface area contributed by atoms with E-state index in [1.165, 1.54) is 6.42 Å². The lowest BCUT2D eigenvalue weighted by Crippen LogP contribution is -2.33. The molecule has 2 nitrogen and oxygen atoms in total. The quantitative estimate of drug-likeness (QED) is 0.610. The summed E-state index contributed by atoms with van der Waals surface area (Å²) in [6, 6.07) is 0.624. The number of nitrogens with one attached hydrogen (secondary N) is 1. The zero-order valence-electron chi connectivity index (χ0n) is 10.5. The van der Waals surface area contributed by atoms with Gasteiger partial charge in [0.25, 0.3) is 0 Å². The van der Waals surface area contributed by atoms with Crippen molar-refractivity contribution in [3.63, 3.8) is 0 Å². The van der Waals surface area contributed by atoms with E-state index < -0.39 is 0 Å². The first-order chi connectivity index (χ1) is 6.57. The second-order valence-corrected chi connectivity index (χ2v) is 4.40. The SMILES string of the molecule is CCC(C)C(C)NCCCOC(C)C. The standard InChI is InChI=1S/C12H27NO/c1-6-11(4)12(5)13-8-7-9-14-10(2)3/h10-13H,6-9H2,1-5H3. The van der Waals surface area contributed by atoms with Gasteiger partial charge in [0.2, 0.25) is 0 Å². The van der Waals surface area contributed by atoms with Crippen LogP contribution in [-0.4, -0.2) is 25.3 Å². The Hall–Kier alpha value is -0.0800. The fourth-order valence-electron chi connectivity index (χ4n) is 1.28. The van der Waals surface area contributed by atoms with Gasteiger partial charge in [-0.1, -0.05) is 20.3 Å². The first-order valence-electron chi connectivity index (χ1n) is 5.92. The lowest BCUT2D eigenvalue weighted by molar-refractivity contribution is 0.0765. The van der Waals surface area contributed by atoms with Crippen molar-refractivity contribution in [2.24, 2.45) is 5.92 Å². The van der Waals surface area contributed by atoms with Crippen molar-refractivity contribution < 1.29 is 4.74 Å². The molecule has 0 fully saturated rings. The van der Waals surface area contributed by atoms with Crippen molar-refractivity contribution in [3.8, 4) is 0 Å². The van der Waals surface area contributed by atoms with Crippen LogP contribution in [-0.2, 0) is 4.74 Å². The van der Waals surface area contributed by atoms with Crippen LogP contribution in [0.3, 0.4) is 0 Å². The van der Waals surface area contributed by atoms with Crippen LogP contribution in [0.4, 0.5) is 0 Å². The van der Waals surface area contributed by atoms with Crippen molar-refractivity contribution in [1.82, 2.24) is 5.32 Å². The van der Waals surface area contributed by atoms with Gasteiger partial charge in [0, 0.05) is 12.6 Å². The monoisotopic (exact) mass is 201 g/mol. The predicted molar refractivity (Wildman–Crippen MR) is 62.6 cm³/mol. The topological polar surface area (TPSA) is 21.3 Å². The van der Waals surface area contributed by atoms with E-state index in [4.69, 9.17) is 4.74 Å². The van der Waals surface area contributed by atoms with E-state index in [1.54, 1.807) is 0 Å². The molecule has 0 aromatic rings. The molecule has 0 amide bonds. The molecule has 0 bridgehead atoms. The Balaban J connectivity index is 3.27. The fraction of sp³-hybridized carbons (Fsp3) is 1.00. The molecule has 0 spiro atoms. The highest BCUT2D eigenvalue weighted by Crippen LogP contribution is 2.06. The number of ether oxygens (including phenoxy) is 1. The molecule has 2 heteroatoms. The van der Waals surface area contributed by atoms with Crippen molar-refractivity contribution in [1.29, 1.82) is 0 Å². The first-order valence-corrected chi connectivity index (χ1v) is 5.92. The van der Waals surface area contributed by atoms with Crippen LogP contribution in [0.5, 0.6) is 0 Å². The summed E-state index contributed by atoms with van der Waals surface area (Å²) in [4.78, 5) is 0. The molecule has 0 aromatic heterocycles. The maximum absolute atomic E-state index is 5.47. The highest BCUT2D eigenvalue weighted by atomic mass is 16.5. The lowest BCUT2D eigenvalue weighted by atomic mass is 10.0. The molecule has 0 saturated carbocycles. The summed E-state index contributed by atoms with van der Waals surface area (Å²) in [6.45, 7) is 12.9. The predicted octanol–water partition coefficient (Wildman–Crippen LogP) is 2.83. The summed E-state index contributed by atoms with van der Waals surface area (Å²) in [5, 5.41) is 3.53. The molecule has 0 aliphatic rings. The van der Waals surface area contributed by atoms with E-state index in [1.807, 2.05) is 0 Å². The zero-order valence-corrected chi connectivity index (χ0v) is 10.5. The maximum Gasteiger partial charge on any atom is 0.0518 e. The number of hydrogen-bond donors (Lipinski definition) is 1. The van der Waals surface area contributed by atoms with Gasteiger partial charge in [-0.25, -0.2) is 0 Å². The molecular formula is C12H27NO. The largest absolute Gasteiger partial charge is 0.379 e. The van der Waals surface area contributed by atoms with Gasteiger partial charge in [0.1, 0.15) is 0 Å². The van der Waals surface area contributed by atoms with Gasteiger partial charge in [0.05, 0.1) is 6.10 Å². The van der Waals surface area contributed by atoms with E-state index in [0.717, 1.165) is 25.5 Å². The van der Waals surface area contributed by atoms with Crippen LogP contribution in [0, 0.1) is 5.92 Å². The highest BCUT2D eigenvalue weighted by Gasteiger charge is 2.08. The summed E-state index contributed by atoms with van der Waals surface area (Å²) >= 11 is 0. The molecule has 14 heavy (non-hydrogen) atoms. The number of hydrogen-bond acceptors (Lipinski definition) is 2. The van der Waals surface area contributed by atoms with Crippen molar-refractivity contribution in [2.75, 3.05) is 13.2 Å². The van der Waals surface area contributed by atoms with E-state index >= 15 is 0 Å². The summed E-state index contributed by atoms with van der Waals surface area (Å²) in [7, 11) is 0. The van der Waals surface area contributed by atoms with Crippen molar-refractivity contribution >= 4 is 0 Å². The minimum Gasteiger partial charge on any atom is -0.379 e. The van der Waals surface area contributed by atoms with Gasteiger partial charge in [-0.05, 0) is 39.7 Å². The van der Waals surface area contributed by atoms with Crippen LogP contribution in [0.25, 0.3) is 0 Å². The second kappa shape index (κ2) is 8.25. The summed E-state index contributed by atoms with van der Waals surface area (Å²) in [5.41, 5.74) is 0. The molecule has 2 atom stereocenters. The highest BCUT2D eigenvalue weighted by molar-refractivity contribution is 4.66. The van der Waals surface area contributed by atoms with Gasteiger partial charge >= 0.3 is 0 Å². The van der Waals surface area contributed by atoms with Gasteiger partial charge in [-0.2, -0.15) is 0 Å². The van der Waals surface area contributed by atoms with Crippen LogP contribution >= 0.6 is 0 Å². The van der Waals surface area contributed by atoms with E-state index in [0.29, 0.717) is 12.1 Å². The van der Waals surface area contributed by atoms with E-state index in [2.05, 4.69) is 39.9 Å². The first kappa shape index (κ1) is 13.9. The molecule has 0 aliphatic carbocycles. The lowest BCUT2D eigenvalue weighted by Gasteiger charge is -2.19. The molecule has 0 saturated heterocycles. The molecule has 1 N–H and O–H groups in total. The van der Waals surface area contributed by atoms with Gasteiger partial charge < -0.3 is 10.1 Å². The fourth-order valence-corrected chi connectivity index (χ4v) is 1.28. The Morgan fingerprint density at radius 2 is 1.79 bits per heavy atom. The molecule has 0 radical (unpaired) electrons.